The first kappa shape index (κ1) is 16.0. The largest absolute Gasteiger partial charge is 1.00 e. The van der Waals surface area contributed by atoms with Gasteiger partial charge < -0.3 is 28.7 Å². The monoisotopic (exact) mass is 372 g/mol. The van der Waals surface area contributed by atoms with Crippen LogP contribution in [-0.2, 0) is 6.54 Å². The number of hydrogen-bond acceptors (Lipinski definition) is 1. The van der Waals surface area contributed by atoms with E-state index in [4.69, 9.17) is 4.74 Å². The maximum Gasteiger partial charge on any atom is 0.286 e. The molecule has 3 nitrogen and oxygen atoms in total. The Bertz CT molecular complexity index is 479. The Labute approximate surface area is 132 Å². The first-order valence-electron chi connectivity index (χ1n) is 6.65. The Balaban J connectivity index is 0.00000180. The van der Waals surface area contributed by atoms with Gasteiger partial charge in [0.1, 0.15) is 18.1 Å². The average molecular weight is 372 g/mol. The molecule has 0 saturated carbocycles. The second kappa shape index (κ2) is 8.19. The first-order valence-corrected chi connectivity index (χ1v) is 6.65. The van der Waals surface area contributed by atoms with Crippen LogP contribution in [0.2, 0.25) is 0 Å². The minimum Gasteiger partial charge on any atom is -1.00 e. The molecular formula is C15H21IN2O. The van der Waals surface area contributed by atoms with Crippen LogP contribution in [0.5, 0.6) is 5.75 Å². The second-order valence-corrected chi connectivity index (χ2v) is 4.31. The van der Waals surface area contributed by atoms with E-state index in [9.17, 15) is 0 Å². The fourth-order valence-corrected chi connectivity index (χ4v) is 2.00. The van der Waals surface area contributed by atoms with Crippen molar-refractivity contribution < 1.29 is 33.3 Å². The summed E-state index contributed by atoms with van der Waals surface area (Å²) in [5.41, 5.74) is 1.19. The standard InChI is InChI=1S/C15H20N2O.HI/c1-3-5-11-17-12-10-16-15(17)13-6-8-14(9-7-13)18-4-2;/h6-10,12H,3-5,11H2,1-2H3;1H. The highest BCUT2D eigenvalue weighted by atomic mass is 127. The number of nitrogens with one attached hydrogen (secondary N) is 1. The summed E-state index contributed by atoms with van der Waals surface area (Å²) in [4.78, 5) is 3.30. The number of imidazole rings is 1. The lowest BCUT2D eigenvalue weighted by atomic mass is 10.2. The lowest BCUT2D eigenvalue weighted by molar-refractivity contribution is -0.685. The summed E-state index contributed by atoms with van der Waals surface area (Å²) >= 11 is 0. The summed E-state index contributed by atoms with van der Waals surface area (Å²) in [7, 11) is 0. The number of aryl methyl sites for hydroxylation is 1. The number of rotatable bonds is 6. The molecule has 0 aliphatic carbocycles. The van der Waals surface area contributed by atoms with E-state index < -0.39 is 0 Å². The van der Waals surface area contributed by atoms with Gasteiger partial charge in [-0.3, -0.25) is 0 Å². The summed E-state index contributed by atoms with van der Waals surface area (Å²) in [5.74, 6) is 2.08. The average Bonchev–Trinajstić information content (AvgIpc) is 2.86. The lowest BCUT2D eigenvalue weighted by Gasteiger charge is -2.03. The summed E-state index contributed by atoms with van der Waals surface area (Å²) in [6.45, 7) is 5.97. The molecule has 2 rings (SSSR count). The quantitative estimate of drug-likeness (QED) is 0.569. The maximum absolute atomic E-state index is 5.46. The predicted octanol–water partition coefficient (Wildman–Crippen LogP) is 0.172. The molecule has 4 heteroatoms. The Kier molecular flexibility index (Phi) is 6.91. The SMILES string of the molecule is CCCC[n+]1cc[nH]c1-c1ccc(OCC)cc1.[I-]. The molecule has 0 spiro atoms. The van der Waals surface area contributed by atoms with Crippen LogP contribution in [0.1, 0.15) is 26.7 Å². The number of hydrogen-bond donors (Lipinski definition) is 1. The van der Waals surface area contributed by atoms with Gasteiger partial charge in [0, 0.05) is 0 Å². The van der Waals surface area contributed by atoms with Crippen molar-refractivity contribution in [2.75, 3.05) is 6.61 Å². The molecule has 0 atom stereocenters. The summed E-state index contributed by atoms with van der Waals surface area (Å²) in [6.07, 6.45) is 6.50. The number of benzene rings is 1. The normalized spacial score (nSPS) is 10.0. The molecule has 19 heavy (non-hydrogen) atoms. The van der Waals surface area contributed by atoms with Gasteiger partial charge in [-0.2, -0.15) is 0 Å². The van der Waals surface area contributed by atoms with Crippen molar-refractivity contribution in [2.24, 2.45) is 0 Å². The highest BCUT2D eigenvalue weighted by Crippen LogP contribution is 2.18. The molecule has 1 heterocycles. The zero-order valence-corrected chi connectivity index (χ0v) is 13.7. The topological polar surface area (TPSA) is 28.9 Å². The molecule has 104 valence electrons. The van der Waals surface area contributed by atoms with Crippen LogP contribution in [0.15, 0.2) is 36.7 Å². The summed E-state index contributed by atoms with van der Waals surface area (Å²) in [5, 5.41) is 0. The van der Waals surface area contributed by atoms with Crippen LogP contribution in [0, 0.1) is 0 Å². The van der Waals surface area contributed by atoms with Crippen molar-refractivity contribution in [1.29, 1.82) is 0 Å². The zero-order valence-electron chi connectivity index (χ0n) is 11.5. The van der Waals surface area contributed by atoms with Gasteiger partial charge in [-0.15, -0.1) is 0 Å². The molecule has 0 aliphatic rings. The number of aromatic amines is 1. The van der Waals surface area contributed by atoms with Crippen molar-refractivity contribution in [3.63, 3.8) is 0 Å². The minimum absolute atomic E-state index is 0. The zero-order chi connectivity index (χ0) is 12.8. The van der Waals surface area contributed by atoms with E-state index in [1.54, 1.807) is 0 Å². The third-order valence-corrected chi connectivity index (χ3v) is 2.95. The molecule has 2 aromatic rings. The van der Waals surface area contributed by atoms with E-state index in [-0.39, 0.29) is 24.0 Å². The third-order valence-electron chi connectivity index (χ3n) is 2.95. The molecular weight excluding hydrogens is 351 g/mol. The molecule has 0 amide bonds. The van der Waals surface area contributed by atoms with E-state index in [0.29, 0.717) is 6.61 Å². The van der Waals surface area contributed by atoms with Crippen LogP contribution < -0.4 is 33.3 Å². The Morgan fingerprint density at radius 3 is 2.53 bits per heavy atom. The van der Waals surface area contributed by atoms with Crippen LogP contribution >= 0.6 is 0 Å². The number of aromatic nitrogens is 2. The van der Waals surface area contributed by atoms with Gasteiger partial charge in [0.05, 0.1) is 18.7 Å². The van der Waals surface area contributed by atoms with Crippen LogP contribution in [0.4, 0.5) is 0 Å². The molecule has 0 aliphatic heterocycles. The maximum atomic E-state index is 5.46. The molecule has 1 aromatic carbocycles. The van der Waals surface area contributed by atoms with Gasteiger partial charge >= 0.3 is 0 Å². The van der Waals surface area contributed by atoms with Crippen molar-refractivity contribution in [3.8, 4) is 17.1 Å². The Hall–Kier alpha value is -1.04. The van der Waals surface area contributed by atoms with Gasteiger partial charge in [-0.1, -0.05) is 13.3 Å². The molecule has 0 unspecified atom stereocenters. The molecule has 1 N–H and O–H groups in total. The van der Waals surface area contributed by atoms with E-state index in [0.717, 1.165) is 18.1 Å². The number of halogens is 1. The van der Waals surface area contributed by atoms with Gasteiger partial charge in [0.15, 0.2) is 0 Å². The molecule has 0 fully saturated rings. The van der Waals surface area contributed by atoms with E-state index >= 15 is 0 Å². The van der Waals surface area contributed by atoms with E-state index in [2.05, 4.69) is 34.8 Å². The Morgan fingerprint density at radius 2 is 1.89 bits per heavy atom. The van der Waals surface area contributed by atoms with Crippen molar-refractivity contribution >= 4 is 0 Å². The van der Waals surface area contributed by atoms with Crippen LogP contribution in [0.3, 0.4) is 0 Å². The van der Waals surface area contributed by atoms with Crippen LogP contribution in [-0.4, -0.2) is 11.6 Å². The van der Waals surface area contributed by atoms with Gasteiger partial charge in [-0.25, -0.2) is 9.55 Å². The van der Waals surface area contributed by atoms with E-state index in [1.807, 2.05) is 25.3 Å². The number of nitrogens with zero attached hydrogens (tertiary/aromatic N) is 1. The van der Waals surface area contributed by atoms with Crippen molar-refractivity contribution in [1.82, 2.24) is 4.98 Å². The molecule has 0 bridgehead atoms. The fourth-order valence-electron chi connectivity index (χ4n) is 2.00. The van der Waals surface area contributed by atoms with Crippen molar-refractivity contribution in [3.05, 3.63) is 36.7 Å². The third kappa shape index (κ3) is 4.23. The van der Waals surface area contributed by atoms with Gasteiger partial charge in [0.25, 0.3) is 5.82 Å². The van der Waals surface area contributed by atoms with Crippen molar-refractivity contribution in [2.45, 2.75) is 33.2 Å². The van der Waals surface area contributed by atoms with E-state index in [1.165, 1.54) is 18.4 Å². The smallest absolute Gasteiger partial charge is 0.286 e. The number of H-pyrrole nitrogens is 1. The first-order chi connectivity index (χ1) is 8.85. The Morgan fingerprint density at radius 1 is 1.16 bits per heavy atom. The van der Waals surface area contributed by atoms with Crippen LogP contribution in [0.25, 0.3) is 11.4 Å². The van der Waals surface area contributed by atoms with Gasteiger partial charge in [0.2, 0.25) is 0 Å². The predicted molar refractivity (Wildman–Crippen MR) is 72.5 cm³/mol. The summed E-state index contributed by atoms with van der Waals surface area (Å²) in [6, 6.07) is 8.23. The highest BCUT2D eigenvalue weighted by molar-refractivity contribution is 5.53. The molecule has 1 aromatic heterocycles. The lowest BCUT2D eigenvalue weighted by Crippen LogP contribution is -3.00. The minimum atomic E-state index is 0. The highest BCUT2D eigenvalue weighted by Gasteiger charge is 2.12. The summed E-state index contributed by atoms with van der Waals surface area (Å²) < 4.78 is 7.72. The molecule has 0 saturated heterocycles. The molecule has 0 radical (unpaired) electrons. The number of unbranched alkanes of at least 4 members (excludes halogenated alkanes) is 1. The second-order valence-electron chi connectivity index (χ2n) is 4.31. The van der Waals surface area contributed by atoms with Gasteiger partial charge in [-0.05, 0) is 37.6 Å². The fraction of sp³-hybridized carbons (Fsp3) is 0.400. The number of ether oxygens (including phenoxy) is 1.